The Morgan fingerprint density at radius 1 is 1.46 bits per heavy atom. The van der Waals surface area contributed by atoms with Gasteiger partial charge in [0.15, 0.2) is 5.78 Å². The molecular formula is C9H11N3O. The fourth-order valence-corrected chi connectivity index (χ4v) is 1.32. The normalized spacial score (nSPS) is 16.6. The number of hydrogen-bond donors (Lipinski definition) is 1. The first-order valence-electron chi connectivity index (χ1n) is 4.35. The van der Waals surface area contributed by atoms with Gasteiger partial charge in [-0.25, -0.2) is 9.97 Å². The Kier molecular flexibility index (Phi) is 2.31. The van der Waals surface area contributed by atoms with Gasteiger partial charge in [-0.3, -0.25) is 4.79 Å². The topological polar surface area (TPSA) is 54.9 Å². The summed E-state index contributed by atoms with van der Waals surface area (Å²) < 4.78 is 0. The van der Waals surface area contributed by atoms with Crippen molar-refractivity contribution < 1.29 is 4.79 Å². The van der Waals surface area contributed by atoms with Crippen molar-refractivity contribution in [3.63, 3.8) is 0 Å². The van der Waals surface area contributed by atoms with Crippen LogP contribution in [0.3, 0.4) is 0 Å². The highest BCUT2D eigenvalue weighted by Crippen LogP contribution is 2.12. The summed E-state index contributed by atoms with van der Waals surface area (Å²) in [6.07, 6.45) is 5.19. The third-order valence-corrected chi connectivity index (χ3v) is 2.22. The molecule has 0 saturated carbocycles. The van der Waals surface area contributed by atoms with Crippen LogP contribution in [0.5, 0.6) is 0 Å². The molecule has 1 aromatic heterocycles. The third kappa shape index (κ3) is 1.89. The number of hydrogen-bond acceptors (Lipinski definition) is 4. The molecule has 1 aliphatic rings. The molecule has 13 heavy (non-hydrogen) atoms. The van der Waals surface area contributed by atoms with Crippen LogP contribution >= 0.6 is 0 Å². The van der Waals surface area contributed by atoms with Crippen molar-refractivity contribution in [1.82, 2.24) is 15.3 Å². The predicted molar refractivity (Wildman–Crippen MR) is 47.3 cm³/mol. The van der Waals surface area contributed by atoms with Crippen molar-refractivity contribution in [3.8, 4) is 0 Å². The van der Waals surface area contributed by atoms with E-state index in [4.69, 9.17) is 0 Å². The number of rotatable bonds is 3. The average molecular weight is 177 g/mol. The lowest BCUT2D eigenvalue weighted by Crippen LogP contribution is -2.42. The van der Waals surface area contributed by atoms with Crippen molar-refractivity contribution in [2.75, 3.05) is 13.1 Å². The van der Waals surface area contributed by atoms with Gasteiger partial charge < -0.3 is 5.32 Å². The maximum atomic E-state index is 11.5. The van der Waals surface area contributed by atoms with Gasteiger partial charge in [0.2, 0.25) is 0 Å². The minimum Gasteiger partial charge on any atom is -0.316 e. The summed E-state index contributed by atoms with van der Waals surface area (Å²) in [5, 5.41) is 3.13. The van der Waals surface area contributed by atoms with Crippen molar-refractivity contribution in [1.29, 1.82) is 0 Å². The van der Waals surface area contributed by atoms with Crippen LogP contribution in [0.1, 0.15) is 16.8 Å². The van der Waals surface area contributed by atoms with E-state index in [1.54, 1.807) is 12.4 Å². The minimum absolute atomic E-state index is 0.145. The number of ketones is 1. The highest BCUT2D eigenvalue weighted by atomic mass is 16.1. The first-order valence-corrected chi connectivity index (χ1v) is 4.35. The zero-order chi connectivity index (χ0) is 9.10. The maximum Gasteiger partial charge on any atom is 0.166 e. The molecule has 2 heterocycles. The Bertz CT molecular complexity index is 295. The van der Waals surface area contributed by atoms with Crippen molar-refractivity contribution >= 4 is 5.78 Å². The second-order valence-corrected chi connectivity index (χ2v) is 3.28. The molecule has 4 nitrogen and oxygen atoms in total. The molecule has 2 rings (SSSR count). The molecule has 1 aromatic rings. The van der Waals surface area contributed by atoms with E-state index in [-0.39, 0.29) is 5.78 Å². The number of nitrogens with zero attached hydrogens (tertiary/aromatic N) is 2. The Labute approximate surface area is 76.4 Å². The van der Waals surface area contributed by atoms with E-state index in [0.29, 0.717) is 17.9 Å². The molecule has 68 valence electrons. The second kappa shape index (κ2) is 3.62. The lowest BCUT2D eigenvalue weighted by atomic mass is 9.95. The Morgan fingerprint density at radius 3 is 2.69 bits per heavy atom. The van der Waals surface area contributed by atoms with Gasteiger partial charge in [0.1, 0.15) is 6.33 Å². The second-order valence-electron chi connectivity index (χ2n) is 3.28. The van der Waals surface area contributed by atoms with Crippen LogP contribution in [-0.2, 0) is 0 Å². The van der Waals surface area contributed by atoms with Crippen LogP contribution in [0.25, 0.3) is 0 Å². The fourth-order valence-electron chi connectivity index (χ4n) is 1.32. The van der Waals surface area contributed by atoms with Gasteiger partial charge in [-0.15, -0.1) is 0 Å². The summed E-state index contributed by atoms with van der Waals surface area (Å²) in [5.74, 6) is 0.653. The Balaban J connectivity index is 1.97. The monoisotopic (exact) mass is 177 g/mol. The zero-order valence-electron chi connectivity index (χ0n) is 7.23. The number of carbonyl (C=O) groups is 1. The largest absolute Gasteiger partial charge is 0.316 e. The van der Waals surface area contributed by atoms with Crippen LogP contribution in [0.15, 0.2) is 18.7 Å². The Morgan fingerprint density at radius 2 is 2.15 bits per heavy atom. The molecule has 0 atom stereocenters. The molecule has 0 spiro atoms. The summed E-state index contributed by atoms with van der Waals surface area (Å²) in [7, 11) is 0. The molecule has 1 saturated heterocycles. The summed E-state index contributed by atoms with van der Waals surface area (Å²) >= 11 is 0. The van der Waals surface area contributed by atoms with Gasteiger partial charge >= 0.3 is 0 Å². The van der Waals surface area contributed by atoms with Crippen molar-refractivity contribution in [2.24, 2.45) is 5.92 Å². The van der Waals surface area contributed by atoms with Crippen LogP contribution < -0.4 is 5.32 Å². The van der Waals surface area contributed by atoms with E-state index in [2.05, 4.69) is 15.3 Å². The van der Waals surface area contributed by atoms with E-state index >= 15 is 0 Å². The molecule has 0 unspecified atom stereocenters. The van der Waals surface area contributed by atoms with E-state index in [9.17, 15) is 4.79 Å². The summed E-state index contributed by atoms with van der Waals surface area (Å²) in [6, 6.07) is 0. The maximum absolute atomic E-state index is 11.5. The summed E-state index contributed by atoms with van der Waals surface area (Å²) in [4.78, 5) is 19.2. The van der Waals surface area contributed by atoms with Crippen LogP contribution in [0, 0.1) is 5.92 Å². The van der Waals surface area contributed by atoms with Gasteiger partial charge in [-0.1, -0.05) is 0 Å². The lowest BCUT2D eigenvalue weighted by Gasteiger charge is -2.26. The molecule has 0 aromatic carbocycles. The smallest absolute Gasteiger partial charge is 0.166 e. The van der Waals surface area contributed by atoms with Crippen molar-refractivity contribution in [2.45, 2.75) is 6.42 Å². The van der Waals surface area contributed by atoms with E-state index in [1.807, 2.05) is 0 Å². The first-order chi connectivity index (χ1) is 6.36. The number of aromatic nitrogens is 2. The highest BCUT2D eigenvalue weighted by Gasteiger charge is 2.20. The van der Waals surface area contributed by atoms with Crippen LogP contribution in [-0.4, -0.2) is 28.8 Å². The number of carbonyl (C=O) groups excluding carboxylic acids is 1. The number of Topliss-reactive ketones (excluding diaryl/α,β-unsaturated/α-hetero) is 1. The molecular weight excluding hydrogens is 166 g/mol. The molecule has 0 radical (unpaired) electrons. The van der Waals surface area contributed by atoms with Gasteiger partial charge in [-0.05, 0) is 19.0 Å². The van der Waals surface area contributed by atoms with E-state index in [1.165, 1.54) is 6.33 Å². The van der Waals surface area contributed by atoms with Gasteiger partial charge in [0.25, 0.3) is 0 Å². The molecule has 4 heteroatoms. The highest BCUT2D eigenvalue weighted by molar-refractivity contribution is 5.95. The van der Waals surface area contributed by atoms with Crippen LogP contribution in [0.4, 0.5) is 0 Å². The SMILES string of the molecule is O=C(CC1CNC1)c1cncnc1. The molecule has 1 fully saturated rings. The quantitative estimate of drug-likeness (QED) is 0.673. The van der Waals surface area contributed by atoms with Gasteiger partial charge in [-0.2, -0.15) is 0 Å². The van der Waals surface area contributed by atoms with E-state index in [0.717, 1.165) is 13.1 Å². The Hall–Kier alpha value is -1.29. The standard InChI is InChI=1S/C9H11N3O/c13-9(1-7-2-10-3-7)8-4-11-6-12-5-8/h4-7,10H,1-3H2. The fraction of sp³-hybridized carbons (Fsp3) is 0.444. The van der Waals surface area contributed by atoms with Crippen LogP contribution in [0.2, 0.25) is 0 Å². The van der Waals surface area contributed by atoms with Gasteiger partial charge in [0.05, 0.1) is 5.56 Å². The summed E-state index contributed by atoms with van der Waals surface area (Å²) in [5.41, 5.74) is 0.620. The molecule has 0 aliphatic carbocycles. The minimum atomic E-state index is 0.145. The third-order valence-electron chi connectivity index (χ3n) is 2.22. The van der Waals surface area contributed by atoms with Gasteiger partial charge in [0, 0.05) is 18.8 Å². The number of nitrogens with one attached hydrogen (secondary N) is 1. The first kappa shape index (κ1) is 8.31. The zero-order valence-corrected chi connectivity index (χ0v) is 7.23. The summed E-state index contributed by atoms with van der Waals surface area (Å²) in [6.45, 7) is 1.92. The lowest BCUT2D eigenvalue weighted by molar-refractivity contribution is 0.0945. The molecule has 1 N–H and O–H groups in total. The van der Waals surface area contributed by atoms with Crippen molar-refractivity contribution in [3.05, 3.63) is 24.3 Å². The van der Waals surface area contributed by atoms with E-state index < -0.39 is 0 Å². The molecule has 0 bridgehead atoms. The molecule has 0 amide bonds. The predicted octanol–water partition coefficient (Wildman–Crippen LogP) is 0.269. The molecule has 1 aliphatic heterocycles. The average Bonchev–Trinajstić information content (AvgIpc) is 2.12.